The van der Waals surface area contributed by atoms with Crippen LogP contribution in [0.3, 0.4) is 0 Å². The molecule has 0 bridgehead atoms. The molecule has 5 heteroatoms. The zero-order valence-electron chi connectivity index (χ0n) is 11.9. The second kappa shape index (κ2) is 5.10. The van der Waals surface area contributed by atoms with Crippen LogP contribution < -0.4 is 4.74 Å². The number of nitro groups is 1. The van der Waals surface area contributed by atoms with Gasteiger partial charge >= 0.3 is 5.69 Å². The van der Waals surface area contributed by atoms with Gasteiger partial charge in [-0.1, -0.05) is 36.4 Å². The Balaban J connectivity index is 1.66. The summed E-state index contributed by atoms with van der Waals surface area (Å²) in [4.78, 5) is 11.2. The molecule has 4 rings (SSSR count). The molecule has 0 spiro atoms. The highest BCUT2D eigenvalue weighted by Crippen LogP contribution is 2.50. The molecular weight excluding hydrogens is 282 g/mol. The predicted octanol–water partition coefficient (Wildman–Crippen LogP) is 3.56. The largest absolute Gasteiger partial charge is 0.482 e. The van der Waals surface area contributed by atoms with Crippen LogP contribution in [0.1, 0.15) is 29.2 Å². The monoisotopic (exact) mass is 297 g/mol. The lowest BCUT2D eigenvalue weighted by Gasteiger charge is -2.15. The van der Waals surface area contributed by atoms with Gasteiger partial charge in [-0.25, -0.2) is 0 Å². The van der Waals surface area contributed by atoms with Crippen LogP contribution in [0.4, 0.5) is 5.69 Å². The van der Waals surface area contributed by atoms with E-state index in [1.165, 1.54) is 0 Å². The van der Waals surface area contributed by atoms with Gasteiger partial charge in [0.25, 0.3) is 0 Å². The maximum atomic E-state index is 11.5. The molecule has 2 aliphatic rings. The van der Waals surface area contributed by atoms with Crippen molar-refractivity contribution in [2.45, 2.75) is 31.7 Å². The minimum absolute atomic E-state index is 0.0469. The molecule has 2 atom stereocenters. The number of hydrogen-bond donors (Lipinski definition) is 0. The SMILES string of the molecule is O=[N+]([O-])c1c(OCc2ccccc2)ccc2c1CCC1OC21. The fourth-order valence-corrected chi connectivity index (χ4v) is 3.13. The van der Waals surface area contributed by atoms with Gasteiger partial charge in [0, 0.05) is 5.56 Å². The number of nitrogens with zero attached hydrogens (tertiary/aromatic N) is 1. The third kappa shape index (κ3) is 2.23. The Morgan fingerprint density at radius 2 is 2.05 bits per heavy atom. The molecule has 22 heavy (non-hydrogen) atoms. The molecule has 5 nitrogen and oxygen atoms in total. The van der Waals surface area contributed by atoms with Gasteiger partial charge in [0.15, 0.2) is 5.75 Å². The topological polar surface area (TPSA) is 64.9 Å². The summed E-state index contributed by atoms with van der Waals surface area (Å²) < 4.78 is 11.3. The van der Waals surface area contributed by atoms with Crippen molar-refractivity contribution in [3.63, 3.8) is 0 Å². The number of fused-ring (bicyclic) bond motifs is 3. The molecule has 2 aromatic carbocycles. The van der Waals surface area contributed by atoms with Crippen molar-refractivity contribution in [2.24, 2.45) is 0 Å². The summed E-state index contributed by atoms with van der Waals surface area (Å²) in [5.74, 6) is 0.340. The van der Waals surface area contributed by atoms with Crippen LogP contribution in [0, 0.1) is 10.1 Å². The summed E-state index contributed by atoms with van der Waals surface area (Å²) in [6, 6.07) is 13.3. The molecule has 0 amide bonds. The van der Waals surface area contributed by atoms with E-state index >= 15 is 0 Å². The van der Waals surface area contributed by atoms with Crippen LogP contribution in [0.5, 0.6) is 5.75 Å². The predicted molar refractivity (Wildman–Crippen MR) is 79.8 cm³/mol. The molecule has 2 unspecified atom stereocenters. The maximum absolute atomic E-state index is 11.5. The zero-order chi connectivity index (χ0) is 15.1. The van der Waals surface area contributed by atoms with E-state index in [-0.39, 0.29) is 22.8 Å². The molecule has 1 aliphatic carbocycles. The average molecular weight is 297 g/mol. The van der Waals surface area contributed by atoms with Gasteiger partial charge in [0.05, 0.1) is 11.0 Å². The third-order valence-electron chi connectivity index (χ3n) is 4.27. The highest BCUT2D eigenvalue weighted by atomic mass is 16.6. The molecule has 0 N–H and O–H groups in total. The van der Waals surface area contributed by atoms with E-state index in [4.69, 9.17) is 9.47 Å². The van der Waals surface area contributed by atoms with E-state index in [0.29, 0.717) is 18.8 Å². The van der Waals surface area contributed by atoms with Gasteiger partial charge in [0.2, 0.25) is 0 Å². The Kier molecular flexibility index (Phi) is 3.08. The summed E-state index contributed by atoms with van der Waals surface area (Å²) in [6.45, 7) is 0.322. The quantitative estimate of drug-likeness (QED) is 0.491. The van der Waals surface area contributed by atoms with E-state index in [9.17, 15) is 10.1 Å². The second-order valence-corrected chi connectivity index (χ2v) is 5.65. The van der Waals surface area contributed by atoms with Gasteiger partial charge in [0.1, 0.15) is 12.7 Å². The van der Waals surface area contributed by atoms with Crippen molar-refractivity contribution >= 4 is 5.69 Å². The van der Waals surface area contributed by atoms with Crippen LogP contribution in [-0.4, -0.2) is 11.0 Å². The van der Waals surface area contributed by atoms with Gasteiger partial charge in [-0.05, 0) is 30.0 Å². The molecular formula is C17H15NO4. The smallest absolute Gasteiger partial charge is 0.314 e. The third-order valence-corrected chi connectivity index (χ3v) is 4.27. The lowest BCUT2D eigenvalue weighted by molar-refractivity contribution is -0.386. The van der Waals surface area contributed by atoms with Crippen LogP contribution in [0.2, 0.25) is 0 Å². The summed E-state index contributed by atoms with van der Waals surface area (Å²) >= 11 is 0. The van der Waals surface area contributed by atoms with Gasteiger partial charge < -0.3 is 9.47 Å². The molecule has 1 aliphatic heterocycles. The Morgan fingerprint density at radius 3 is 2.82 bits per heavy atom. The molecule has 2 aromatic rings. The first-order valence-corrected chi connectivity index (χ1v) is 7.36. The summed E-state index contributed by atoms with van der Waals surface area (Å²) in [5, 5.41) is 11.5. The van der Waals surface area contributed by atoms with Crippen molar-refractivity contribution in [2.75, 3.05) is 0 Å². The highest BCUT2D eigenvalue weighted by Gasteiger charge is 2.46. The van der Waals surface area contributed by atoms with Crippen molar-refractivity contribution in [3.8, 4) is 5.75 Å². The number of hydrogen-bond acceptors (Lipinski definition) is 4. The van der Waals surface area contributed by atoms with Crippen LogP contribution in [0.15, 0.2) is 42.5 Å². The summed E-state index contributed by atoms with van der Waals surface area (Å²) in [5.41, 5.74) is 2.81. The molecule has 0 aromatic heterocycles. The van der Waals surface area contributed by atoms with E-state index in [1.807, 2.05) is 36.4 Å². The maximum Gasteiger partial charge on any atom is 0.314 e. The minimum Gasteiger partial charge on any atom is -0.482 e. The Hall–Kier alpha value is -2.40. The van der Waals surface area contributed by atoms with Gasteiger partial charge in [-0.2, -0.15) is 0 Å². The first-order valence-electron chi connectivity index (χ1n) is 7.36. The average Bonchev–Trinajstić information content (AvgIpc) is 3.32. The first kappa shape index (κ1) is 13.3. The minimum atomic E-state index is -0.331. The van der Waals surface area contributed by atoms with Crippen molar-refractivity contribution in [1.82, 2.24) is 0 Å². The molecule has 1 heterocycles. The Bertz CT molecular complexity index is 729. The zero-order valence-corrected chi connectivity index (χ0v) is 11.9. The van der Waals surface area contributed by atoms with E-state index < -0.39 is 0 Å². The van der Waals surface area contributed by atoms with E-state index in [0.717, 1.165) is 23.1 Å². The lowest BCUT2D eigenvalue weighted by Crippen LogP contribution is -2.09. The first-order chi connectivity index (χ1) is 10.7. The second-order valence-electron chi connectivity index (χ2n) is 5.65. The Labute approximate surface area is 127 Å². The standard InChI is InChI=1S/C17H15NO4/c19-18(20)16-12-6-9-15-17(22-15)13(12)7-8-14(16)21-10-11-4-2-1-3-5-11/h1-5,7-8,15,17H,6,9-10H2. The fourth-order valence-electron chi connectivity index (χ4n) is 3.13. The normalized spacial score (nSPS) is 21.6. The highest BCUT2D eigenvalue weighted by molar-refractivity contribution is 5.58. The van der Waals surface area contributed by atoms with Crippen LogP contribution in [0.25, 0.3) is 0 Å². The van der Waals surface area contributed by atoms with Crippen LogP contribution in [-0.2, 0) is 17.8 Å². The van der Waals surface area contributed by atoms with Gasteiger partial charge in [-0.15, -0.1) is 0 Å². The van der Waals surface area contributed by atoms with Crippen molar-refractivity contribution in [3.05, 3.63) is 69.3 Å². The number of rotatable bonds is 4. The fraction of sp³-hybridized carbons (Fsp3) is 0.294. The van der Waals surface area contributed by atoms with E-state index in [2.05, 4.69) is 0 Å². The number of nitro benzene ring substituents is 1. The summed E-state index contributed by atoms with van der Waals surface area (Å²) in [6.07, 6.45) is 1.82. The molecule has 0 radical (unpaired) electrons. The lowest BCUT2D eigenvalue weighted by atomic mass is 9.90. The number of benzene rings is 2. The summed E-state index contributed by atoms with van der Waals surface area (Å²) in [7, 11) is 0. The van der Waals surface area contributed by atoms with E-state index in [1.54, 1.807) is 6.07 Å². The molecule has 1 saturated heterocycles. The van der Waals surface area contributed by atoms with Crippen molar-refractivity contribution in [1.29, 1.82) is 0 Å². The number of epoxide rings is 1. The van der Waals surface area contributed by atoms with Gasteiger partial charge in [-0.3, -0.25) is 10.1 Å². The number of ether oxygens (including phenoxy) is 2. The molecule has 1 fully saturated rings. The Morgan fingerprint density at radius 1 is 1.23 bits per heavy atom. The molecule has 0 saturated carbocycles. The van der Waals surface area contributed by atoms with Crippen molar-refractivity contribution < 1.29 is 14.4 Å². The van der Waals surface area contributed by atoms with Crippen LogP contribution >= 0.6 is 0 Å². The molecule has 112 valence electrons.